The molecule has 291 valence electrons. The zero-order valence-corrected chi connectivity index (χ0v) is 38.1. The Hall–Kier alpha value is -5.92. The number of fused-ring (bicyclic) bond motifs is 4. The SMILES string of the molecule is Cc1cc(-c2ccccc2)cc(C)c1-n1c(-c2[c-]ccc3c2oc2nc(-c4ccccc4)ccc23)nc2ccccc21.[CH3][Ge]([CH3])([CH3])[c]1ccc(-c2[c-]cccc2)nc1.[Ir]. The summed E-state index contributed by atoms with van der Waals surface area (Å²) in [6, 6.07) is 60.6. The number of nitrogens with zero attached hydrogens (tertiary/aromatic N) is 4. The monoisotopic (exact) mass is 1010 g/mol. The van der Waals surface area contributed by atoms with Crippen LogP contribution >= 0.6 is 0 Å². The van der Waals surface area contributed by atoms with E-state index in [0.717, 1.165) is 67.0 Å². The zero-order chi connectivity index (χ0) is 39.8. The minimum absolute atomic E-state index is 0. The first-order valence-electron chi connectivity index (χ1n) is 19.6. The number of rotatable bonds is 6. The fourth-order valence-corrected chi connectivity index (χ4v) is 9.81. The normalized spacial score (nSPS) is 11.3. The molecule has 0 saturated carbocycles. The summed E-state index contributed by atoms with van der Waals surface area (Å²) < 4.78 is 10.2. The number of benzene rings is 6. The molecule has 1 radical (unpaired) electrons. The fraction of sp³-hybridized carbons (Fsp3) is 0.0962. The van der Waals surface area contributed by atoms with Gasteiger partial charge in [0, 0.05) is 36.7 Å². The summed E-state index contributed by atoms with van der Waals surface area (Å²) >= 11 is -1.72. The number of furan rings is 1. The number of hydrogen-bond donors (Lipinski definition) is 0. The van der Waals surface area contributed by atoms with E-state index in [2.05, 4.69) is 150 Å². The van der Waals surface area contributed by atoms with E-state index in [0.29, 0.717) is 5.71 Å². The second kappa shape index (κ2) is 16.7. The largest absolute Gasteiger partial charge is 0 e. The predicted molar refractivity (Wildman–Crippen MR) is 242 cm³/mol. The summed E-state index contributed by atoms with van der Waals surface area (Å²) in [7, 11) is 0. The Bertz CT molecular complexity index is 3020. The summed E-state index contributed by atoms with van der Waals surface area (Å²) in [5, 5.41) is 1.97. The molecule has 4 aromatic heterocycles. The summed E-state index contributed by atoms with van der Waals surface area (Å²) in [6.45, 7) is 4.35. The van der Waals surface area contributed by atoms with Crippen molar-refractivity contribution >= 4 is 50.8 Å². The second-order valence-electron chi connectivity index (χ2n) is 15.7. The van der Waals surface area contributed by atoms with Gasteiger partial charge < -0.3 is 8.98 Å². The van der Waals surface area contributed by atoms with Crippen molar-refractivity contribution in [1.82, 2.24) is 19.5 Å². The average molecular weight is 1000 g/mol. The Morgan fingerprint density at radius 3 is 1.95 bits per heavy atom. The molecule has 0 unspecified atom stereocenters. The van der Waals surface area contributed by atoms with Crippen LogP contribution in [0, 0.1) is 26.0 Å². The molecule has 59 heavy (non-hydrogen) atoms. The van der Waals surface area contributed by atoms with Gasteiger partial charge in [-0.2, -0.15) is 0 Å². The van der Waals surface area contributed by atoms with E-state index in [4.69, 9.17) is 14.4 Å². The van der Waals surface area contributed by atoms with E-state index < -0.39 is 13.3 Å². The van der Waals surface area contributed by atoms with Gasteiger partial charge in [0.15, 0.2) is 0 Å². The second-order valence-corrected chi connectivity index (χ2v) is 26.3. The van der Waals surface area contributed by atoms with Crippen LogP contribution in [0.4, 0.5) is 0 Å². The van der Waals surface area contributed by atoms with Crippen molar-refractivity contribution in [1.29, 1.82) is 0 Å². The molecule has 0 fully saturated rings. The molecule has 10 rings (SSSR count). The molecule has 0 saturated heterocycles. The molecule has 0 atom stereocenters. The molecule has 0 aliphatic rings. The Labute approximate surface area is 361 Å². The van der Waals surface area contributed by atoms with Gasteiger partial charge in [-0.05, 0) is 72.5 Å². The van der Waals surface area contributed by atoms with E-state index in [1.54, 1.807) is 0 Å². The molecule has 7 heteroatoms. The van der Waals surface area contributed by atoms with Gasteiger partial charge in [0.1, 0.15) is 0 Å². The van der Waals surface area contributed by atoms with E-state index >= 15 is 0 Å². The van der Waals surface area contributed by atoms with Crippen molar-refractivity contribution in [3.63, 3.8) is 0 Å². The van der Waals surface area contributed by atoms with Gasteiger partial charge in [0.25, 0.3) is 0 Å². The third-order valence-corrected chi connectivity index (χ3v) is 14.8. The summed E-state index contributed by atoms with van der Waals surface area (Å²) in [6.07, 6.45) is 2.04. The van der Waals surface area contributed by atoms with Crippen molar-refractivity contribution in [2.45, 2.75) is 31.1 Å². The van der Waals surface area contributed by atoms with Crippen LogP contribution < -0.4 is 4.40 Å². The molecule has 0 aliphatic heterocycles. The first-order chi connectivity index (χ1) is 28.2. The molecule has 4 heterocycles. The Morgan fingerprint density at radius 2 is 1.27 bits per heavy atom. The molecular weight excluding hydrogens is 961 g/mol. The molecule has 6 aromatic carbocycles. The van der Waals surface area contributed by atoms with Crippen molar-refractivity contribution in [3.8, 4) is 50.7 Å². The quantitative estimate of drug-likeness (QED) is 0.123. The number of aryl methyl sites for hydroxylation is 2. The molecule has 0 aliphatic carbocycles. The molecule has 0 bridgehead atoms. The predicted octanol–water partition coefficient (Wildman–Crippen LogP) is 12.8. The third kappa shape index (κ3) is 7.96. The molecule has 0 amide bonds. The van der Waals surface area contributed by atoms with Crippen LogP contribution in [0.1, 0.15) is 11.1 Å². The maximum absolute atomic E-state index is 6.53. The fourth-order valence-electron chi connectivity index (χ4n) is 7.63. The molecule has 0 N–H and O–H groups in total. The number of hydrogen-bond acceptors (Lipinski definition) is 4. The molecule has 0 spiro atoms. The number of aromatic nitrogens is 4. The summed E-state index contributed by atoms with van der Waals surface area (Å²) in [4.78, 5) is 14.6. The summed E-state index contributed by atoms with van der Waals surface area (Å²) in [5.41, 5.74) is 14.0. The van der Waals surface area contributed by atoms with E-state index in [1.807, 2.05) is 66.9 Å². The van der Waals surface area contributed by atoms with Gasteiger partial charge in [-0.15, -0.1) is 18.2 Å². The van der Waals surface area contributed by atoms with Crippen LogP contribution in [0.15, 0.2) is 168 Å². The van der Waals surface area contributed by atoms with Crippen molar-refractivity contribution in [2.24, 2.45) is 0 Å². The van der Waals surface area contributed by atoms with E-state index in [9.17, 15) is 0 Å². The number of para-hydroxylation sites is 2. The first-order valence-corrected chi connectivity index (χ1v) is 27.0. The van der Waals surface area contributed by atoms with Crippen molar-refractivity contribution in [3.05, 3.63) is 187 Å². The Morgan fingerprint density at radius 1 is 0.593 bits per heavy atom. The number of pyridine rings is 2. The standard InChI is InChI=1S/C38H26N3O.C14H16GeN.Ir/c1-24-22-28(26-12-5-3-6-13-26)23-25(2)35(24)41-34-19-10-9-18-33(34)39-37(41)31-17-11-16-29-30-20-21-32(27-14-7-4-8-15-27)40-38(30)42-36(29)31;1-15(2,3)13-9-10-14(16-11-13)12-7-5-4-6-8-12;/h3-16,18-23H,1-2H3;4-7,9-11H,1-3H3;/q2*-1;. The van der Waals surface area contributed by atoms with Crippen LogP contribution in [0.25, 0.3) is 83.8 Å². The van der Waals surface area contributed by atoms with Gasteiger partial charge in [-0.3, -0.25) is 4.98 Å². The van der Waals surface area contributed by atoms with Crippen LogP contribution in [0.2, 0.25) is 17.3 Å². The van der Waals surface area contributed by atoms with Crippen LogP contribution in [0.3, 0.4) is 0 Å². The zero-order valence-electron chi connectivity index (χ0n) is 33.6. The minimum atomic E-state index is -1.72. The first kappa shape index (κ1) is 39.9. The van der Waals surface area contributed by atoms with Gasteiger partial charge in [-0.25, -0.2) is 4.98 Å². The summed E-state index contributed by atoms with van der Waals surface area (Å²) in [5.74, 6) is 7.94. The van der Waals surface area contributed by atoms with Crippen LogP contribution in [0.5, 0.6) is 0 Å². The smallest absolute Gasteiger partial charge is 0 e. The minimum Gasteiger partial charge on any atom is 0 e. The van der Waals surface area contributed by atoms with Crippen LogP contribution in [-0.4, -0.2) is 32.8 Å². The number of imidazole rings is 1. The van der Waals surface area contributed by atoms with Gasteiger partial charge >= 0.3 is 99.8 Å². The van der Waals surface area contributed by atoms with Crippen molar-refractivity contribution in [2.75, 3.05) is 0 Å². The maximum Gasteiger partial charge on any atom is 0 e. The Kier molecular flexibility index (Phi) is 11.3. The third-order valence-electron chi connectivity index (χ3n) is 10.6. The molecule has 10 aromatic rings. The molecular formula is C52H42GeIrN4O-2. The van der Waals surface area contributed by atoms with Gasteiger partial charge in [0.2, 0.25) is 5.71 Å². The average Bonchev–Trinajstić information content (AvgIpc) is 3.83. The van der Waals surface area contributed by atoms with Gasteiger partial charge in [-0.1, -0.05) is 83.7 Å². The Balaban J connectivity index is 0.000000240. The topological polar surface area (TPSA) is 56.7 Å². The van der Waals surface area contributed by atoms with E-state index in [-0.39, 0.29) is 20.1 Å². The maximum atomic E-state index is 6.53. The molecule has 5 nitrogen and oxygen atoms in total. The van der Waals surface area contributed by atoms with E-state index in [1.165, 1.54) is 26.6 Å². The van der Waals surface area contributed by atoms with Crippen LogP contribution in [-0.2, 0) is 20.1 Å². The van der Waals surface area contributed by atoms with Gasteiger partial charge in [0.05, 0.1) is 28.1 Å². The van der Waals surface area contributed by atoms with Crippen molar-refractivity contribution < 1.29 is 24.5 Å².